The number of rotatable bonds is 39. The van der Waals surface area contributed by atoms with Crippen LogP contribution in [0.1, 0.15) is 194 Å². The molecule has 11 heteroatoms. The number of aliphatic hydroxyl groups is 1. The van der Waals surface area contributed by atoms with E-state index in [1.54, 1.807) is 0 Å². The van der Waals surface area contributed by atoms with Gasteiger partial charge in [-0.15, -0.1) is 0 Å². The number of aliphatic hydroxyl groups excluding tert-OH is 1. The van der Waals surface area contributed by atoms with Crippen LogP contribution in [0, 0.1) is 0 Å². The van der Waals surface area contributed by atoms with E-state index in [-0.39, 0.29) is 32.2 Å². The number of unbranched alkanes of at least 4 members (excludes halogenated alkanes) is 20. The van der Waals surface area contributed by atoms with Crippen LogP contribution in [-0.4, -0.2) is 66.6 Å². The smallest absolute Gasteiger partial charge is 0.331 e. The average molecular weight is 735 g/mol. The highest BCUT2D eigenvalue weighted by molar-refractivity contribution is 7.53. The average Bonchev–Trinajstić information content (AvgIpc) is 3.10. The van der Waals surface area contributed by atoms with Crippen molar-refractivity contribution in [2.75, 3.05) is 32.9 Å². The first kappa shape index (κ1) is 49.0. The van der Waals surface area contributed by atoms with Gasteiger partial charge in [-0.1, -0.05) is 156 Å². The lowest BCUT2D eigenvalue weighted by Gasteiger charge is -2.25. The Kier molecular flexibility index (Phi) is 35.6. The lowest BCUT2D eigenvalue weighted by atomic mass is 10.1. The van der Waals surface area contributed by atoms with Gasteiger partial charge in [-0.2, -0.15) is 0 Å². The van der Waals surface area contributed by atoms with Gasteiger partial charge in [0, 0.05) is 25.9 Å². The molecule has 0 saturated carbocycles. The number of hydrazine groups is 1. The summed E-state index contributed by atoms with van der Waals surface area (Å²) in [6, 6.07) is 0. The molecule has 0 amide bonds. The van der Waals surface area contributed by atoms with Gasteiger partial charge in [0.15, 0.2) is 6.10 Å². The normalized spacial score (nSPS) is 13.9. The van der Waals surface area contributed by atoms with E-state index >= 15 is 0 Å². The topological polar surface area (TPSA) is 143 Å². The molecule has 3 atom stereocenters. The first-order chi connectivity index (χ1) is 24.3. The number of hydrogen-bond acceptors (Lipinski definition) is 9. The van der Waals surface area contributed by atoms with E-state index in [0.29, 0.717) is 38.8 Å². The van der Waals surface area contributed by atoms with Gasteiger partial charge in [-0.05, 0) is 25.7 Å². The monoisotopic (exact) mass is 735 g/mol. The van der Waals surface area contributed by atoms with Crippen LogP contribution in [0.2, 0.25) is 0 Å². The first-order valence-electron chi connectivity index (χ1n) is 20.7. The predicted octanol–water partition coefficient (Wildman–Crippen LogP) is 9.69. The molecule has 298 valence electrons. The molecule has 0 aliphatic rings. The largest absolute Gasteiger partial charge is 0.462 e. The fraction of sp³-hybridized carbons (Fsp3) is 0.949. The third-order valence-corrected chi connectivity index (χ3v) is 11.1. The van der Waals surface area contributed by atoms with Crippen LogP contribution in [0.25, 0.3) is 0 Å². The van der Waals surface area contributed by atoms with E-state index in [1.807, 2.05) is 6.92 Å². The molecule has 2 unspecified atom stereocenters. The molecule has 50 heavy (non-hydrogen) atoms. The van der Waals surface area contributed by atoms with Crippen molar-refractivity contribution in [2.45, 2.75) is 206 Å². The fourth-order valence-corrected chi connectivity index (χ4v) is 7.69. The molecule has 0 saturated heterocycles. The Morgan fingerprint density at radius 1 is 0.580 bits per heavy atom. The Hall–Kier alpha value is -1.03. The molecule has 0 aliphatic heterocycles. The minimum absolute atomic E-state index is 0.0176. The molecule has 0 rings (SSSR count). The summed E-state index contributed by atoms with van der Waals surface area (Å²) in [4.78, 5) is 36.1. The lowest BCUT2D eigenvalue weighted by molar-refractivity contribution is -0.161. The summed E-state index contributed by atoms with van der Waals surface area (Å²) in [5, 5.41) is 8.92. The maximum Gasteiger partial charge on any atom is 0.331 e. The molecular weight excluding hydrogens is 655 g/mol. The Labute approximate surface area is 306 Å². The van der Waals surface area contributed by atoms with Crippen LogP contribution in [0.3, 0.4) is 0 Å². The minimum atomic E-state index is -4.06. The van der Waals surface area contributed by atoms with Crippen molar-refractivity contribution in [3.8, 4) is 0 Å². The van der Waals surface area contributed by atoms with Crippen molar-refractivity contribution >= 4 is 19.5 Å². The van der Waals surface area contributed by atoms with Gasteiger partial charge in [0.25, 0.3) is 0 Å². The van der Waals surface area contributed by atoms with Gasteiger partial charge >= 0.3 is 19.5 Å². The first-order valence-corrected chi connectivity index (χ1v) is 22.3. The van der Waals surface area contributed by atoms with Crippen molar-refractivity contribution in [1.82, 2.24) is 10.9 Å². The maximum atomic E-state index is 13.3. The number of nitrogens with one attached hydrogen (secondary N) is 2. The second-order valence-corrected chi connectivity index (χ2v) is 16.2. The van der Waals surface area contributed by atoms with Gasteiger partial charge in [0.2, 0.25) is 0 Å². The number of carbonyl (C=O) groups is 2. The van der Waals surface area contributed by atoms with Crippen molar-refractivity contribution in [3.63, 3.8) is 0 Å². The highest BCUT2D eigenvalue weighted by Crippen LogP contribution is 2.50. The van der Waals surface area contributed by atoms with Crippen LogP contribution in [0.5, 0.6) is 0 Å². The van der Waals surface area contributed by atoms with Crippen molar-refractivity contribution in [1.29, 1.82) is 0 Å². The molecule has 0 bridgehead atoms. The molecule has 0 aromatic carbocycles. The van der Waals surface area contributed by atoms with E-state index in [4.69, 9.17) is 19.1 Å². The molecule has 10 nitrogen and oxygen atoms in total. The fourth-order valence-electron chi connectivity index (χ4n) is 6.06. The molecular formula is C39H79N2O8P. The molecule has 4 N–H and O–H groups in total. The lowest BCUT2D eigenvalue weighted by Crippen LogP contribution is -2.36. The molecule has 0 aromatic rings. The SMILES string of the molecule is CCCCCCCCCCCCCC(=O)OC[C@H](COP(=O)(O)C(CCC)CCNNCCO)OC(=O)CCCCCCCCCCCCC. The summed E-state index contributed by atoms with van der Waals surface area (Å²) in [5.41, 5.74) is 5.18. The summed E-state index contributed by atoms with van der Waals surface area (Å²) < 4.78 is 29.9. The Morgan fingerprint density at radius 2 is 1.02 bits per heavy atom. The van der Waals surface area contributed by atoms with E-state index in [0.717, 1.165) is 38.5 Å². The van der Waals surface area contributed by atoms with E-state index in [1.165, 1.54) is 103 Å². The summed E-state index contributed by atoms with van der Waals surface area (Å²) >= 11 is 0. The third-order valence-electron chi connectivity index (χ3n) is 9.19. The van der Waals surface area contributed by atoms with Gasteiger partial charge < -0.3 is 24.0 Å². The molecule has 0 fully saturated rings. The molecule has 0 aromatic heterocycles. The zero-order chi connectivity index (χ0) is 37.0. The summed E-state index contributed by atoms with van der Waals surface area (Å²) in [5.74, 6) is -0.766. The Bertz CT molecular complexity index is 819. The number of hydrogen-bond donors (Lipinski definition) is 4. The minimum Gasteiger partial charge on any atom is -0.462 e. The second kappa shape index (κ2) is 36.3. The van der Waals surface area contributed by atoms with Crippen LogP contribution < -0.4 is 10.9 Å². The maximum absolute atomic E-state index is 13.3. The van der Waals surface area contributed by atoms with Crippen molar-refractivity contribution < 1.29 is 38.2 Å². The highest BCUT2D eigenvalue weighted by atomic mass is 31.2. The summed E-state index contributed by atoms with van der Waals surface area (Å²) in [6.07, 6.45) is 27.3. The predicted molar refractivity (Wildman–Crippen MR) is 205 cm³/mol. The Balaban J connectivity index is 4.73. The van der Waals surface area contributed by atoms with Crippen LogP contribution in [0.4, 0.5) is 0 Å². The van der Waals surface area contributed by atoms with Crippen molar-refractivity contribution in [2.24, 2.45) is 0 Å². The van der Waals surface area contributed by atoms with E-state index in [9.17, 15) is 19.0 Å². The third kappa shape index (κ3) is 31.7. The molecule has 0 aliphatic carbocycles. The number of ether oxygens (including phenoxy) is 2. The van der Waals surface area contributed by atoms with Crippen LogP contribution in [0.15, 0.2) is 0 Å². The quantitative estimate of drug-likeness (QED) is 0.0209. The summed E-state index contributed by atoms with van der Waals surface area (Å²) in [6.45, 7) is 6.67. The second-order valence-electron chi connectivity index (χ2n) is 14.0. The molecule has 0 heterocycles. The van der Waals surface area contributed by atoms with Gasteiger partial charge in [-0.25, -0.2) is 0 Å². The number of carbonyl (C=O) groups excluding carboxylic acids is 2. The molecule has 0 radical (unpaired) electrons. The zero-order valence-corrected chi connectivity index (χ0v) is 33.5. The standard InChI is InChI=1S/C39H79N2O8P/c1-4-7-9-11-13-15-17-19-21-23-25-28-38(43)47-34-36(35-48-50(45,46)37(27-6-3)30-31-40-41-32-33-42)49-39(44)29-26-24-22-20-18-16-14-12-10-8-5-2/h36-37,40-42H,4-35H2,1-3H3,(H,45,46)/t36-,37?/m1/s1. The van der Waals surface area contributed by atoms with Crippen molar-refractivity contribution in [3.05, 3.63) is 0 Å². The Morgan fingerprint density at radius 3 is 1.48 bits per heavy atom. The summed E-state index contributed by atoms with van der Waals surface area (Å²) in [7, 11) is -4.06. The number of esters is 2. The highest BCUT2D eigenvalue weighted by Gasteiger charge is 2.33. The van der Waals surface area contributed by atoms with E-state index in [2.05, 4.69) is 24.7 Å². The molecule has 0 spiro atoms. The van der Waals surface area contributed by atoms with Gasteiger partial charge in [-0.3, -0.25) is 25.0 Å². The van der Waals surface area contributed by atoms with Crippen LogP contribution in [-0.2, 0) is 28.2 Å². The van der Waals surface area contributed by atoms with Gasteiger partial charge in [0.1, 0.15) is 6.61 Å². The van der Waals surface area contributed by atoms with Crippen LogP contribution >= 0.6 is 7.60 Å². The zero-order valence-electron chi connectivity index (χ0n) is 32.6. The van der Waals surface area contributed by atoms with Gasteiger partial charge in [0.05, 0.1) is 18.9 Å². The van der Waals surface area contributed by atoms with E-state index < -0.39 is 25.3 Å².